The molecule has 0 saturated heterocycles. The van der Waals surface area contributed by atoms with Gasteiger partial charge in [0.2, 0.25) is 0 Å². The maximum absolute atomic E-state index is 12.2. The van der Waals surface area contributed by atoms with Crippen molar-refractivity contribution >= 4 is 29.6 Å². The number of para-hydroxylation sites is 1. The lowest BCUT2D eigenvalue weighted by Gasteiger charge is -2.12. The summed E-state index contributed by atoms with van der Waals surface area (Å²) in [6, 6.07) is 12.8. The number of ether oxygens (including phenoxy) is 1. The Bertz CT molecular complexity index is 963. The normalized spacial score (nSPS) is 13.0. The Morgan fingerprint density at radius 3 is 2.47 bits per heavy atom. The predicted octanol–water partition coefficient (Wildman–Crippen LogP) is 2.05. The number of rotatable bonds is 7. The van der Waals surface area contributed by atoms with E-state index in [2.05, 4.69) is 21.2 Å². The van der Waals surface area contributed by atoms with Crippen LogP contribution < -0.4 is 20.8 Å². The molecule has 0 bridgehead atoms. The average Bonchev–Trinajstić information content (AvgIpc) is 3.53. The third-order valence-corrected chi connectivity index (χ3v) is 4.47. The fourth-order valence-electron chi connectivity index (χ4n) is 2.72. The molecule has 3 amide bonds. The molecule has 3 rings (SSSR count). The minimum absolute atomic E-state index is 0.105. The van der Waals surface area contributed by atoms with Crippen molar-refractivity contribution < 1.29 is 19.1 Å². The van der Waals surface area contributed by atoms with Crippen LogP contribution in [0.3, 0.4) is 0 Å². The maximum Gasteiger partial charge on any atom is 0.329 e. The summed E-state index contributed by atoms with van der Waals surface area (Å²) < 4.78 is 5.55. The topological polar surface area (TPSA) is 109 Å². The molecule has 0 aliphatic heterocycles. The van der Waals surface area contributed by atoms with Crippen LogP contribution in [0.15, 0.2) is 47.6 Å². The van der Waals surface area contributed by atoms with Crippen molar-refractivity contribution in [1.29, 1.82) is 0 Å². The number of carbonyl (C=O) groups excluding carboxylic acids is 3. The van der Waals surface area contributed by atoms with Crippen molar-refractivity contribution in [3.63, 3.8) is 0 Å². The highest BCUT2D eigenvalue weighted by molar-refractivity contribution is 6.35. The smallest absolute Gasteiger partial charge is 0.329 e. The van der Waals surface area contributed by atoms with E-state index in [-0.39, 0.29) is 18.6 Å². The van der Waals surface area contributed by atoms with E-state index in [1.165, 1.54) is 6.21 Å². The second-order valence-corrected chi connectivity index (χ2v) is 7.12. The summed E-state index contributed by atoms with van der Waals surface area (Å²) in [7, 11) is 0. The largest absolute Gasteiger partial charge is 0.484 e. The summed E-state index contributed by atoms with van der Waals surface area (Å²) in [4.78, 5) is 35.4. The van der Waals surface area contributed by atoms with Crippen LogP contribution in [0.25, 0.3) is 0 Å². The molecule has 8 nitrogen and oxygen atoms in total. The molecule has 0 heterocycles. The van der Waals surface area contributed by atoms with Crippen LogP contribution >= 0.6 is 0 Å². The van der Waals surface area contributed by atoms with E-state index in [9.17, 15) is 14.4 Å². The van der Waals surface area contributed by atoms with Gasteiger partial charge in [0.05, 0.1) is 6.21 Å². The fraction of sp³-hybridized carbons (Fsp3) is 0.273. The highest BCUT2D eigenvalue weighted by atomic mass is 16.5. The van der Waals surface area contributed by atoms with Crippen LogP contribution in [0.5, 0.6) is 5.75 Å². The Kier molecular flexibility index (Phi) is 6.79. The van der Waals surface area contributed by atoms with E-state index in [0.29, 0.717) is 11.3 Å². The van der Waals surface area contributed by atoms with Crippen molar-refractivity contribution in [3.05, 3.63) is 59.2 Å². The zero-order chi connectivity index (χ0) is 21.5. The van der Waals surface area contributed by atoms with E-state index < -0.39 is 11.8 Å². The Morgan fingerprint density at radius 2 is 1.77 bits per heavy atom. The number of nitrogens with zero attached hydrogens (tertiary/aromatic N) is 1. The standard InChI is InChI=1S/C22H24N4O4/c1-14-5-3-6-15(2)20(14)25-19(27)13-30-18-8-4-7-16(11-18)12-23-26-22(29)21(28)24-17-9-10-17/h3-8,11-12,17H,9-10,13H2,1-2H3,(H,24,28)(H,25,27)(H,26,29)/b23-12-. The van der Waals surface area contributed by atoms with Crippen molar-refractivity contribution in [1.82, 2.24) is 10.7 Å². The molecule has 1 aliphatic carbocycles. The van der Waals surface area contributed by atoms with Crippen LogP contribution in [-0.2, 0) is 14.4 Å². The molecule has 156 valence electrons. The molecule has 2 aromatic rings. The SMILES string of the molecule is Cc1cccc(C)c1NC(=O)COc1cccc(/C=N\NC(=O)C(=O)NC2CC2)c1. The van der Waals surface area contributed by atoms with Gasteiger partial charge in [-0.25, -0.2) is 5.43 Å². The summed E-state index contributed by atoms with van der Waals surface area (Å²) in [6.45, 7) is 3.72. The number of amides is 3. The third kappa shape index (κ3) is 6.16. The molecule has 0 unspecified atom stereocenters. The summed E-state index contributed by atoms with van der Waals surface area (Å²) in [5.41, 5.74) is 5.58. The Morgan fingerprint density at radius 1 is 1.07 bits per heavy atom. The first-order valence-electron chi connectivity index (χ1n) is 9.65. The van der Waals surface area contributed by atoms with Gasteiger partial charge in [-0.05, 0) is 55.5 Å². The van der Waals surface area contributed by atoms with E-state index >= 15 is 0 Å². The fourth-order valence-corrected chi connectivity index (χ4v) is 2.72. The van der Waals surface area contributed by atoms with Crippen molar-refractivity contribution in [2.45, 2.75) is 32.7 Å². The number of benzene rings is 2. The van der Waals surface area contributed by atoms with Crippen LogP contribution in [0.4, 0.5) is 5.69 Å². The van der Waals surface area contributed by atoms with Crippen LogP contribution in [-0.4, -0.2) is 36.6 Å². The number of hydrazone groups is 1. The zero-order valence-electron chi connectivity index (χ0n) is 16.9. The molecule has 0 atom stereocenters. The Balaban J connectivity index is 1.49. The molecule has 0 spiro atoms. The number of anilines is 1. The molecule has 2 aromatic carbocycles. The van der Waals surface area contributed by atoms with E-state index in [1.807, 2.05) is 32.0 Å². The lowest BCUT2D eigenvalue weighted by molar-refractivity contribution is -0.139. The molecule has 0 aromatic heterocycles. The summed E-state index contributed by atoms with van der Waals surface area (Å²) in [5.74, 6) is -1.29. The number of carbonyl (C=O) groups is 3. The molecule has 0 radical (unpaired) electrons. The molecule has 1 fully saturated rings. The average molecular weight is 408 g/mol. The third-order valence-electron chi connectivity index (χ3n) is 4.47. The van der Waals surface area contributed by atoms with Gasteiger partial charge in [0.25, 0.3) is 5.91 Å². The lowest BCUT2D eigenvalue weighted by Crippen LogP contribution is -2.38. The van der Waals surface area contributed by atoms with Crippen LogP contribution in [0.1, 0.15) is 29.5 Å². The summed E-state index contributed by atoms with van der Waals surface area (Å²) in [6.07, 6.45) is 3.20. The Hall–Kier alpha value is -3.68. The molecular weight excluding hydrogens is 384 g/mol. The monoisotopic (exact) mass is 408 g/mol. The van der Waals surface area contributed by atoms with Gasteiger partial charge in [0.15, 0.2) is 6.61 Å². The van der Waals surface area contributed by atoms with Gasteiger partial charge in [0, 0.05) is 11.7 Å². The van der Waals surface area contributed by atoms with Gasteiger partial charge in [-0.1, -0.05) is 30.3 Å². The highest BCUT2D eigenvalue weighted by Gasteiger charge is 2.26. The molecular formula is C22H24N4O4. The number of hydrogen-bond acceptors (Lipinski definition) is 5. The van der Waals surface area contributed by atoms with Gasteiger partial charge in [-0.2, -0.15) is 5.10 Å². The van der Waals surface area contributed by atoms with Gasteiger partial charge in [0.1, 0.15) is 5.75 Å². The predicted molar refractivity (Wildman–Crippen MR) is 113 cm³/mol. The number of hydrogen-bond donors (Lipinski definition) is 3. The minimum Gasteiger partial charge on any atom is -0.484 e. The Labute approximate surface area is 174 Å². The van der Waals surface area contributed by atoms with Crippen molar-refractivity contribution in [2.24, 2.45) is 5.10 Å². The summed E-state index contributed by atoms with van der Waals surface area (Å²) >= 11 is 0. The van der Waals surface area contributed by atoms with Gasteiger partial charge < -0.3 is 15.4 Å². The molecule has 3 N–H and O–H groups in total. The van der Waals surface area contributed by atoms with Crippen LogP contribution in [0, 0.1) is 13.8 Å². The first kappa shape index (κ1) is 21.0. The van der Waals surface area contributed by atoms with E-state index in [1.54, 1.807) is 24.3 Å². The maximum atomic E-state index is 12.2. The molecule has 8 heteroatoms. The van der Waals surface area contributed by atoms with Gasteiger partial charge in [-0.3, -0.25) is 14.4 Å². The number of nitrogens with one attached hydrogen (secondary N) is 3. The zero-order valence-corrected chi connectivity index (χ0v) is 16.9. The molecule has 1 saturated carbocycles. The highest BCUT2D eigenvalue weighted by Crippen LogP contribution is 2.20. The first-order valence-corrected chi connectivity index (χ1v) is 9.65. The van der Waals surface area contributed by atoms with E-state index in [0.717, 1.165) is 29.7 Å². The molecule has 30 heavy (non-hydrogen) atoms. The van der Waals surface area contributed by atoms with E-state index in [4.69, 9.17) is 4.74 Å². The number of aryl methyl sites for hydroxylation is 2. The minimum atomic E-state index is -0.811. The quantitative estimate of drug-likeness (QED) is 0.370. The second-order valence-electron chi connectivity index (χ2n) is 7.12. The van der Waals surface area contributed by atoms with Gasteiger partial charge >= 0.3 is 11.8 Å². The van der Waals surface area contributed by atoms with Crippen molar-refractivity contribution in [2.75, 3.05) is 11.9 Å². The first-order chi connectivity index (χ1) is 14.4. The van der Waals surface area contributed by atoms with Crippen molar-refractivity contribution in [3.8, 4) is 5.75 Å². The second kappa shape index (κ2) is 9.69. The lowest BCUT2D eigenvalue weighted by atomic mass is 10.1. The van der Waals surface area contributed by atoms with Crippen LogP contribution in [0.2, 0.25) is 0 Å². The summed E-state index contributed by atoms with van der Waals surface area (Å²) in [5, 5.41) is 9.22. The molecule has 1 aliphatic rings. The van der Waals surface area contributed by atoms with Gasteiger partial charge in [-0.15, -0.1) is 0 Å².